The van der Waals surface area contributed by atoms with Crippen LogP contribution in [0.3, 0.4) is 0 Å². The van der Waals surface area contributed by atoms with Crippen LogP contribution in [0.25, 0.3) is 10.9 Å². The van der Waals surface area contributed by atoms with Crippen LogP contribution in [0.1, 0.15) is 38.7 Å². The minimum absolute atomic E-state index is 0.144. The lowest BCUT2D eigenvalue weighted by Gasteiger charge is -2.15. The van der Waals surface area contributed by atoms with E-state index < -0.39 is 6.10 Å². The van der Waals surface area contributed by atoms with Crippen LogP contribution in [0.2, 0.25) is 0 Å². The molecule has 4 heteroatoms. The van der Waals surface area contributed by atoms with Crippen molar-refractivity contribution in [2.75, 3.05) is 6.54 Å². The summed E-state index contributed by atoms with van der Waals surface area (Å²) in [5, 5.41) is 14.4. The number of aliphatic hydroxyl groups is 1. The van der Waals surface area contributed by atoms with Crippen LogP contribution in [-0.2, 0) is 7.05 Å². The second-order valence-electron chi connectivity index (χ2n) is 6.74. The summed E-state index contributed by atoms with van der Waals surface area (Å²) in [7, 11) is 1.99. The molecular formula is C21H24N2O2. The van der Waals surface area contributed by atoms with Crippen LogP contribution >= 0.6 is 0 Å². The molecule has 0 aliphatic heterocycles. The van der Waals surface area contributed by atoms with Gasteiger partial charge in [0.2, 0.25) is 0 Å². The number of aliphatic hydroxyl groups excluding tert-OH is 1. The van der Waals surface area contributed by atoms with Crippen LogP contribution in [-0.4, -0.2) is 22.1 Å². The lowest BCUT2D eigenvalue weighted by molar-refractivity contribution is 0.0915. The number of carbonyl (C=O) groups excluding carboxylic acids is 1. The highest BCUT2D eigenvalue weighted by molar-refractivity contribution is 5.97. The van der Waals surface area contributed by atoms with Crippen LogP contribution < -0.4 is 5.32 Å². The smallest absolute Gasteiger partial charge is 0.251 e. The topological polar surface area (TPSA) is 54.3 Å². The Hall–Kier alpha value is -2.59. The van der Waals surface area contributed by atoms with Gasteiger partial charge in [-0.25, -0.2) is 0 Å². The standard InChI is InChI=1S/C21H24N2O2/c1-13-9-14(2)20(15(3)10-13)21(25)22-12-19(24)17-5-6-18-16(11-17)7-8-23(18)4/h5-11,19,24H,12H2,1-4H3,(H,22,25). The fourth-order valence-corrected chi connectivity index (χ4v) is 3.44. The van der Waals surface area contributed by atoms with E-state index in [2.05, 4.69) is 5.32 Å². The van der Waals surface area contributed by atoms with Crippen molar-refractivity contribution in [1.29, 1.82) is 0 Å². The van der Waals surface area contributed by atoms with Crippen LogP contribution in [0.4, 0.5) is 0 Å². The lowest BCUT2D eigenvalue weighted by atomic mass is 9.99. The number of rotatable bonds is 4. The van der Waals surface area contributed by atoms with Crippen molar-refractivity contribution in [2.45, 2.75) is 26.9 Å². The summed E-state index contributed by atoms with van der Waals surface area (Å²) in [5.41, 5.74) is 5.66. The van der Waals surface area contributed by atoms with Gasteiger partial charge in [-0.3, -0.25) is 4.79 Å². The predicted molar refractivity (Wildman–Crippen MR) is 101 cm³/mol. The number of hydrogen-bond acceptors (Lipinski definition) is 2. The van der Waals surface area contributed by atoms with E-state index in [-0.39, 0.29) is 12.5 Å². The third kappa shape index (κ3) is 3.44. The second kappa shape index (κ2) is 6.73. The van der Waals surface area contributed by atoms with Crippen molar-refractivity contribution in [3.8, 4) is 0 Å². The SMILES string of the molecule is Cc1cc(C)c(C(=O)NCC(O)c2ccc3c(ccn3C)c2)c(C)c1. The molecule has 0 saturated carbocycles. The lowest BCUT2D eigenvalue weighted by Crippen LogP contribution is -2.29. The van der Waals surface area contributed by atoms with Gasteiger partial charge in [0, 0.05) is 30.9 Å². The summed E-state index contributed by atoms with van der Waals surface area (Å²) in [4.78, 5) is 12.5. The first-order chi connectivity index (χ1) is 11.9. The number of carbonyl (C=O) groups is 1. The van der Waals surface area contributed by atoms with E-state index in [0.717, 1.165) is 33.2 Å². The van der Waals surface area contributed by atoms with Gasteiger partial charge in [-0.1, -0.05) is 23.8 Å². The first-order valence-electron chi connectivity index (χ1n) is 8.46. The zero-order valence-corrected chi connectivity index (χ0v) is 15.1. The van der Waals surface area contributed by atoms with Crippen molar-refractivity contribution in [3.63, 3.8) is 0 Å². The molecule has 25 heavy (non-hydrogen) atoms. The first-order valence-corrected chi connectivity index (χ1v) is 8.46. The fraction of sp³-hybridized carbons (Fsp3) is 0.286. The monoisotopic (exact) mass is 336 g/mol. The summed E-state index contributed by atoms with van der Waals surface area (Å²) in [6.07, 6.45) is 1.26. The Morgan fingerprint density at radius 2 is 1.80 bits per heavy atom. The molecule has 0 aliphatic carbocycles. The Bertz CT molecular complexity index is 917. The number of fused-ring (bicyclic) bond motifs is 1. The van der Waals surface area contributed by atoms with Crippen molar-refractivity contribution < 1.29 is 9.90 Å². The number of nitrogens with one attached hydrogen (secondary N) is 1. The van der Waals surface area contributed by atoms with Gasteiger partial charge in [0.25, 0.3) is 5.91 Å². The van der Waals surface area contributed by atoms with E-state index in [9.17, 15) is 9.90 Å². The largest absolute Gasteiger partial charge is 0.387 e. The molecule has 130 valence electrons. The first kappa shape index (κ1) is 17.2. The number of benzene rings is 2. The maximum atomic E-state index is 12.5. The average Bonchev–Trinajstić information content (AvgIpc) is 2.92. The van der Waals surface area contributed by atoms with Crippen molar-refractivity contribution in [3.05, 3.63) is 70.4 Å². The molecule has 0 saturated heterocycles. The van der Waals surface area contributed by atoms with E-state index in [1.54, 1.807) is 0 Å². The minimum Gasteiger partial charge on any atom is -0.387 e. The molecule has 2 aromatic carbocycles. The molecule has 1 unspecified atom stereocenters. The zero-order valence-electron chi connectivity index (χ0n) is 15.1. The van der Waals surface area contributed by atoms with Gasteiger partial charge in [0.05, 0.1) is 6.10 Å². The maximum Gasteiger partial charge on any atom is 0.251 e. The average molecular weight is 336 g/mol. The number of hydrogen-bond donors (Lipinski definition) is 2. The van der Waals surface area contributed by atoms with Crippen molar-refractivity contribution in [2.24, 2.45) is 7.05 Å². The molecule has 2 N–H and O–H groups in total. The molecule has 1 heterocycles. The molecule has 1 amide bonds. The zero-order chi connectivity index (χ0) is 18.1. The molecule has 0 radical (unpaired) electrons. The third-order valence-electron chi connectivity index (χ3n) is 4.65. The second-order valence-corrected chi connectivity index (χ2v) is 6.74. The summed E-state index contributed by atoms with van der Waals surface area (Å²) in [6.45, 7) is 6.08. The quantitative estimate of drug-likeness (QED) is 0.765. The van der Waals surface area contributed by atoms with Crippen LogP contribution in [0, 0.1) is 20.8 Å². The highest BCUT2D eigenvalue weighted by Gasteiger charge is 2.15. The molecule has 1 aromatic heterocycles. The highest BCUT2D eigenvalue weighted by Crippen LogP contribution is 2.21. The number of aryl methyl sites for hydroxylation is 4. The molecule has 1 atom stereocenters. The summed E-state index contributed by atoms with van der Waals surface area (Å²) in [5.74, 6) is -0.144. The van der Waals surface area contributed by atoms with Gasteiger partial charge in [-0.05, 0) is 61.0 Å². The number of nitrogens with zero attached hydrogens (tertiary/aromatic N) is 1. The highest BCUT2D eigenvalue weighted by atomic mass is 16.3. The fourth-order valence-electron chi connectivity index (χ4n) is 3.44. The van der Waals surface area contributed by atoms with Gasteiger partial charge in [-0.15, -0.1) is 0 Å². The van der Waals surface area contributed by atoms with Crippen molar-refractivity contribution >= 4 is 16.8 Å². The van der Waals surface area contributed by atoms with E-state index in [1.165, 1.54) is 0 Å². The van der Waals surface area contributed by atoms with Gasteiger partial charge in [0.15, 0.2) is 0 Å². The number of amides is 1. The maximum absolute atomic E-state index is 12.5. The van der Waals surface area contributed by atoms with Gasteiger partial charge < -0.3 is 15.0 Å². The number of aromatic nitrogens is 1. The van der Waals surface area contributed by atoms with Gasteiger partial charge in [-0.2, -0.15) is 0 Å². The van der Waals surface area contributed by atoms with E-state index in [4.69, 9.17) is 0 Å². The van der Waals surface area contributed by atoms with Crippen molar-refractivity contribution in [1.82, 2.24) is 9.88 Å². The van der Waals surface area contributed by atoms with Gasteiger partial charge >= 0.3 is 0 Å². The van der Waals surface area contributed by atoms with E-state index >= 15 is 0 Å². The Balaban J connectivity index is 1.73. The Kier molecular flexibility index (Phi) is 4.64. The Morgan fingerprint density at radius 3 is 2.48 bits per heavy atom. The molecule has 4 nitrogen and oxygen atoms in total. The molecule has 0 aliphatic rings. The van der Waals surface area contributed by atoms with Crippen LogP contribution in [0.15, 0.2) is 42.6 Å². The van der Waals surface area contributed by atoms with E-state index in [1.807, 2.05) is 75.0 Å². The summed E-state index contributed by atoms with van der Waals surface area (Å²) in [6, 6.07) is 11.9. The third-order valence-corrected chi connectivity index (χ3v) is 4.65. The molecule has 3 aromatic rings. The molecule has 0 bridgehead atoms. The molecular weight excluding hydrogens is 312 g/mol. The molecule has 0 spiro atoms. The molecule has 3 rings (SSSR count). The predicted octanol–water partition coefficient (Wildman–Crippen LogP) is 3.57. The Labute approximate surface area is 148 Å². The molecule has 0 fully saturated rings. The summed E-state index contributed by atoms with van der Waals surface area (Å²) < 4.78 is 2.04. The Morgan fingerprint density at radius 1 is 1.12 bits per heavy atom. The van der Waals surface area contributed by atoms with Gasteiger partial charge in [0.1, 0.15) is 0 Å². The normalized spacial score (nSPS) is 12.4. The van der Waals surface area contributed by atoms with E-state index in [0.29, 0.717) is 5.56 Å². The van der Waals surface area contributed by atoms with Crippen LogP contribution in [0.5, 0.6) is 0 Å². The minimum atomic E-state index is -0.736. The summed E-state index contributed by atoms with van der Waals surface area (Å²) >= 11 is 0.